The molecule has 3 rings (SSSR count). The van der Waals surface area contributed by atoms with Crippen molar-refractivity contribution in [1.82, 2.24) is 25.6 Å². The Morgan fingerprint density at radius 2 is 1.05 bits per heavy atom. The lowest BCUT2D eigenvalue weighted by Gasteiger charge is -2.49. The van der Waals surface area contributed by atoms with E-state index in [1.807, 2.05) is 6.08 Å². The molecular formula is C32H60N8. The monoisotopic (exact) mass is 556 g/mol. The molecule has 3 heterocycles. The zero-order valence-electron chi connectivity index (χ0n) is 27.3. The van der Waals surface area contributed by atoms with Crippen LogP contribution < -0.4 is 26.6 Å². The van der Waals surface area contributed by atoms with Crippen molar-refractivity contribution in [3.63, 3.8) is 0 Å². The highest BCUT2D eigenvalue weighted by molar-refractivity contribution is 5.43. The standard InChI is InChI=1S/C32H60N8/c1-12-15-24(22-18-29(4,5)39-30(6,7)19-22)34-27-36-26(33-17-14-3)37-28(38-27)35-25(16-13-2)23-20-31(8,9)40-32(10,11)21-23/h14,22-25,39-40H,3,12-13,15-21H2,1-2,4-11H3,(H3,33,34,35,36,37,38). The Hall–Kier alpha value is -1.93. The fraction of sp³-hybridized carbons (Fsp3) is 0.844. The van der Waals surface area contributed by atoms with Gasteiger partial charge in [-0.3, -0.25) is 0 Å². The summed E-state index contributed by atoms with van der Waals surface area (Å²) in [4.78, 5) is 14.6. The second kappa shape index (κ2) is 12.9. The third kappa shape index (κ3) is 9.57. The van der Waals surface area contributed by atoms with Gasteiger partial charge < -0.3 is 26.6 Å². The predicted octanol–water partition coefficient (Wildman–Crippen LogP) is 6.74. The smallest absolute Gasteiger partial charge is 0.229 e. The summed E-state index contributed by atoms with van der Waals surface area (Å²) in [6.07, 6.45) is 10.7. The lowest BCUT2D eigenvalue weighted by atomic mass is 9.72. The minimum Gasteiger partial charge on any atom is -0.351 e. The fourth-order valence-corrected chi connectivity index (χ4v) is 7.92. The molecule has 0 amide bonds. The van der Waals surface area contributed by atoms with Gasteiger partial charge in [0.25, 0.3) is 0 Å². The van der Waals surface area contributed by atoms with Crippen molar-refractivity contribution < 1.29 is 0 Å². The van der Waals surface area contributed by atoms with Crippen LogP contribution in [0.1, 0.15) is 121 Å². The van der Waals surface area contributed by atoms with Gasteiger partial charge in [0.15, 0.2) is 0 Å². The van der Waals surface area contributed by atoms with Gasteiger partial charge in [-0.25, -0.2) is 0 Å². The lowest BCUT2D eigenvalue weighted by molar-refractivity contribution is 0.115. The van der Waals surface area contributed by atoms with Crippen LogP contribution in [-0.4, -0.2) is 55.7 Å². The van der Waals surface area contributed by atoms with Crippen LogP contribution in [0.25, 0.3) is 0 Å². The average molecular weight is 557 g/mol. The predicted molar refractivity (Wildman–Crippen MR) is 171 cm³/mol. The molecule has 0 aliphatic carbocycles. The molecule has 2 aliphatic rings. The van der Waals surface area contributed by atoms with Crippen molar-refractivity contribution in [1.29, 1.82) is 0 Å². The molecule has 2 aliphatic heterocycles. The number of anilines is 3. The van der Waals surface area contributed by atoms with E-state index in [1.165, 1.54) is 0 Å². The molecule has 2 fully saturated rings. The Labute approximate surface area is 245 Å². The maximum atomic E-state index is 4.98. The maximum Gasteiger partial charge on any atom is 0.229 e. The first-order valence-electron chi connectivity index (χ1n) is 15.8. The van der Waals surface area contributed by atoms with Crippen LogP contribution in [0.15, 0.2) is 12.7 Å². The van der Waals surface area contributed by atoms with Gasteiger partial charge in [-0.1, -0.05) is 32.8 Å². The van der Waals surface area contributed by atoms with Gasteiger partial charge in [-0.2, -0.15) is 15.0 Å². The quantitative estimate of drug-likeness (QED) is 0.170. The van der Waals surface area contributed by atoms with Crippen molar-refractivity contribution in [3.05, 3.63) is 12.7 Å². The summed E-state index contributed by atoms with van der Waals surface area (Å²) in [5, 5.41) is 18.6. The molecule has 2 unspecified atom stereocenters. The fourth-order valence-electron chi connectivity index (χ4n) is 7.92. The van der Waals surface area contributed by atoms with Crippen LogP contribution >= 0.6 is 0 Å². The molecule has 0 radical (unpaired) electrons. The number of aromatic nitrogens is 3. The summed E-state index contributed by atoms with van der Waals surface area (Å²) in [7, 11) is 0. The summed E-state index contributed by atoms with van der Waals surface area (Å²) < 4.78 is 0. The van der Waals surface area contributed by atoms with Gasteiger partial charge in [-0.15, -0.1) is 6.58 Å². The lowest BCUT2D eigenvalue weighted by Crippen LogP contribution is -2.60. The van der Waals surface area contributed by atoms with Gasteiger partial charge in [-0.05, 0) is 106 Å². The summed E-state index contributed by atoms with van der Waals surface area (Å²) in [6.45, 7) is 27.6. The van der Waals surface area contributed by atoms with E-state index >= 15 is 0 Å². The van der Waals surface area contributed by atoms with Gasteiger partial charge in [0.1, 0.15) is 0 Å². The number of piperidine rings is 2. The maximum absolute atomic E-state index is 4.98. The molecule has 2 saturated heterocycles. The average Bonchev–Trinajstić information content (AvgIpc) is 2.78. The van der Waals surface area contributed by atoms with Crippen molar-refractivity contribution in [2.24, 2.45) is 11.8 Å². The largest absolute Gasteiger partial charge is 0.351 e. The first-order valence-corrected chi connectivity index (χ1v) is 15.8. The molecule has 40 heavy (non-hydrogen) atoms. The topological polar surface area (TPSA) is 98.8 Å². The highest BCUT2D eigenvalue weighted by Crippen LogP contribution is 2.38. The molecule has 1 aromatic heterocycles. The van der Waals surface area contributed by atoms with Crippen molar-refractivity contribution in [3.8, 4) is 0 Å². The molecule has 1 aromatic rings. The molecule has 2 atom stereocenters. The Morgan fingerprint density at radius 3 is 1.38 bits per heavy atom. The Bertz CT molecular complexity index is 869. The number of hydrogen-bond donors (Lipinski definition) is 5. The van der Waals surface area contributed by atoms with E-state index in [9.17, 15) is 0 Å². The highest BCUT2D eigenvalue weighted by Gasteiger charge is 2.42. The third-order valence-corrected chi connectivity index (χ3v) is 8.45. The number of nitrogens with zero attached hydrogens (tertiary/aromatic N) is 3. The van der Waals surface area contributed by atoms with Crippen molar-refractivity contribution in [2.45, 2.75) is 155 Å². The van der Waals surface area contributed by atoms with E-state index in [4.69, 9.17) is 15.0 Å². The molecule has 0 spiro atoms. The Kier molecular flexibility index (Phi) is 10.5. The molecule has 8 nitrogen and oxygen atoms in total. The molecule has 228 valence electrons. The number of hydrogen-bond acceptors (Lipinski definition) is 8. The zero-order valence-corrected chi connectivity index (χ0v) is 27.3. The second-order valence-electron chi connectivity index (χ2n) is 15.2. The molecule has 8 heteroatoms. The van der Waals surface area contributed by atoms with Crippen LogP contribution in [-0.2, 0) is 0 Å². The molecule has 5 N–H and O–H groups in total. The van der Waals surface area contributed by atoms with Gasteiger partial charge in [0.2, 0.25) is 17.8 Å². The van der Waals surface area contributed by atoms with E-state index in [-0.39, 0.29) is 22.2 Å². The van der Waals surface area contributed by atoms with Crippen molar-refractivity contribution >= 4 is 17.8 Å². The normalized spacial score (nSPS) is 23.6. The van der Waals surface area contributed by atoms with Gasteiger partial charge in [0.05, 0.1) is 0 Å². The Balaban J connectivity index is 1.89. The van der Waals surface area contributed by atoms with Crippen LogP contribution in [0.3, 0.4) is 0 Å². The second-order valence-corrected chi connectivity index (χ2v) is 15.2. The van der Waals surface area contributed by atoms with Crippen molar-refractivity contribution in [2.75, 3.05) is 22.5 Å². The highest BCUT2D eigenvalue weighted by atomic mass is 15.3. The van der Waals surface area contributed by atoms with Crippen LogP contribution in [0, 0.1) is 11.8 Å². The number of nitrogens with one attached hydrogen (secondary N) is 5. The van der Waals surface area contributed by atoms with Crippen LogP contribution in [0.4, 0.5) is 17.8 Å². The van der Waals surface area contributed by atoms with E-state index < -0.39 is 0 Å². The number of rotatable bonds is 13. The summed E-state index contributed by atoms with van der Waals surface area (Å²) in [5.74, 6) is 2.94. The third-order valence-electron chi connectivity index (χ3n) is 8.45. The van der Waals surface area contributed by atoms with E-state index in [2.05, 4.69) is 102 Å². The molecule has 0 saturated carbocycles. The first kappa shape index (κ1) is 32.6. The first-order chi connectivity index (χ1) is 18.6. The minimum absolute atomic E-state index is 0.0896. The minimum atomic E-state index is 0.0896. The van der Waals surface area contributed by atoms with Crippen LogP contribution in [0.2, 0.25) is 0 Å². The molecule has 0 bridgehead atoms. The van der Waals surface area contributed by atoms with Gasteiger partial charge in [0, 0.05) is 40.8 Å². The Morgan fingerprint density at radius 1 is 0.700 bits per heavy atom. The summed E-state index contributed by atoms with van der Waals surface area (Å²) in [5.41, 5.74) is 0.359. The molecular weight excluding hydrogens is 496 g/mol. The zero-order chi connectivity index (χ0) is 29.8. The summed E-state index contributed by atoms with van der Waals surface area (Å²) in [6, 6.07) is 0.594. The van der Waals surface area contributed by atoms with Crippen LogP contribution in [0.5, 0.6) is 0 Å². The summed E-state index contributed by atoms with van der Waals surface area (Å²) >= 11 is 0. The molecule has 0 aromatic carbocycles. The van der Waals surface area contributed by atoms with E-state index in [0.717, 1.165) is 51.4 Å². The SMILES string of the molecule is C=CCNc1nc(NC(CCC)C2CC(C)(C)NC(C)(C)C2)nc(NC(CCC)C2CC(C)(C)NC(C)(C)C2)n1. The van der Waals surface area contributed by atoms with E-state index in [1.54, 1.807) is 0 Å². The van der Waals surface area contributed by atoms with Gasteiger partial charge >= 0.3 is 0 Å². The van der Waals surface area contributed by atoms with E-state index in [0.29, 0.717) is 48.3 Å².